The van der Waals surface area contributed by atoms with Crippen LogP contribution >= 0.6 is 0 Å². The number of carbonyl (C=O) groups is 1. The third kappa shape index (κ3) is 4.75. The molecule has 0 aliphatic carbocycles. The van der Waals surface area contributed by atoms with Gasteiger partial charge in [-0.3, -0.25) is 0 Å². The van der Waals surface area contributed by atoms with Crippen LogP contribution in [0, 0.1) is 0 Å². The van der Waals surface area contributed by atoms with Crippen molar-refractivity contribution in [1.29, 1.82) is 0 Å². The number of carboxylic acid groups (broad SMARTS) is 1. The standard InChI is InChI=1S/C20H24O4/c1-4-23-16-11-9-15(10-12-16)13-19(20(21)22)24-18-8-6-5-7-17(18)14(2)3/h5-12,14,19H,4,13H2,1-3H3,(H,21,22)/t19-/m0/s1. The number of rotatable bonds is 8. The van der Waals surface area contributed by atoms with E-state index in [1.807, 2.05) is 55.5 Å². The van der Waals surface area contributed by atoms with Crippen LogP contribution in [0.5, 0.6) is 11.5 Å². The average Bonchev–Trinajstić information content (AvgIpc) is 2.56. The molecule has 0 aliphatic rings. The molecule has 0 radical (unpaired) electrons. The summed E-state index contributed by atoms with van der Waals surface area (Å²) in [4.78, 5) is 11.6. The maximum absolute atomic E-state index is 11.6. The van der Waals surface area contributed by atoms with Crippen LogP contribution in [0.3, 0.4) is 0 Å². The molecule has 0 heterocycles. The number of para-hydroxylation sites is 1. The molecule has 0 bridgehead atoms. The summed E-state index contributed by atoms with van der Waals surface area (Å²) in [5, 5.41) is 9.51. The Labute approximate surface area is 143 Å². The first-order chi connectivity index (χ1) is 11.5. The van der Waals surface area contributed by atoms with Crippen LogP contribution in [0.15, 0.2) is 48.5 Å². The third-order valence-corrected chi connectivity index (χ3v) is 3.74. The zero-order valence-corrected chi connectivity index (χ0v) is 14.4. The highest BCUT2D eigenvalue weighted by molar-refractivity contribution is 5.73. The summed E-state index contributed by atoms with van der Waals surface area (Å²) in [5.74, 6) is 0.702. The van der Waals surface area contributed by atoms with Gasteiger partial charge in [0.15, 0.2) is 6.10 Å². The van der Waals surface area contributed by atoms with Crippen LogP contribution in [-0.4, -0.2) is 23.8 Å². The van der Waals surface area contributed by atoms with Gasteiger partial charge in [0.05, 0.1) is 6.61 Å². The molecule has 0 aliphatic heterocycles. The van der Waals surface area contributed by atoms with Gasteiger partial charge in [0.25, 0.3) is 0 Å². The summed E-state index contributed by atoms with van der Waals surface area (Å²) in [5.41, 5.74) is 1.91. The highest BCUT2D eigenvalue weighted by Crippen LogP contribution is 2.27. The molecule has 2 aromatic rings. The van der Waals surface area contributed by atoms with E-state index in [-0.39, 0.29) is 5.92 Å². The molecule has 0 unspecified atom stereocenters. The van der Waals surface area contributed by atoms with Crippen LogP contribution < -0.4 is 9.47 Å². The Morgan fingerprint density at radius 1 is 1.08 bits per heavy atom. The van der Waals surface area contributed by atoms with Crippen molar-refractivity contribution in [1.82, 2.24) is 0 Å². The Kier molecular flexibility index (Phi) is 6.24. The molecule has 1 atom stereocenters. The third-order valence-electron chi connectivity index (χ3n) is 3.74. The number of hydrogen-bond donors (Lipinski definition) is 1. The van der Waals surface area contributed by atoms with Gasteiger partial charge in [0.2, 0.25) is 0 Å². The Morgan fingerprint density at radius 3 is 2.33 bits per heavy atom. The monoisotopic (exact) mass is 328 g/mol. The summed E-state index contributed by atoms with van der Waals surface area (Å²) in [6.07, 6.45) is -0.628. The molecule has 0 saturated heterocycles. The van der Waals surface area contributed by atoms with Gasteiger partial charge in [-0.15, -0.1) is 0 Å². The first-order valence-electron chi connectivity index (χ1n) is 8.21. The molecular weight excluding hydrogens is 304 g/mol. The van der Waals surface area contributed by atoms with Crippen molar-refractivity contribution in [2.45, 2.75) is 39.2 Å². The quantitative estimate of drug-likeness (QED) is 0.785. The van der Waals surface area contributed by atoms with Crippen molar-refractivity contribution in [3.63, 3.8) is 0 Å². The molecule has 0 amide bonds. The maximum atomic E-state index is 11.6. The molecule has 128 valence electrons. The van der Waals surface area contributed by atoms with Crippen molar-refractivity contribution in [3.8, 4) is 11.5 Å². The van der Waals surface area contributed by atoms with Crippen molar-refractivity contribution < 1.29 is 19.4 Å². The number of carboxylic acids is 1. The SMILES string of the molecule is CCOc1ccc(C[C@H](Oc2ccccc2C(C)C)C(=O)O)cc1. The van der Waals surface area contributed by atoms with Gasteiger partial charge in [0.1, 0.15) is 11.5 Å². The predicted octanol–water partition coefficient (Wildman–Crippen LogP) is 4.28. The van der Waals surface area contributed by atoms with Crippen molar-refractivity contribution >= 4 is 5.97 Å². The van der Waals surface area contributed by atoms with Crippen LogP contribution in [-0.2, 0) is 11.2 Å². The van der Waals surface area contributed by atoms with E-state index in [4.69, 9.17) is 9.47 Å². The van der Waals surface area contributed by atoms with Gasteiger partial charge in [-0.05, 0) is 42.2 Å². The van der Waals surface area contributed by atoms with E-state index in [1.165, 1.54) is 0 Å². The molecule has 2 rings (SSSR count). The smallest absolute Gasteiger partial charge is 0.345 e. The summed E-state index contributed by atoms with van der Waals surface area (Å²) < 4.78 is 11.2. The Bertz CT molecular complexity index is 662. The summed E-state index contributed by atoms with van der Waals surface area (Å²) in [7, 11) is 0. The fourth-order valence-corrected chi connectivity index (χ4v) is 2.50. The summed E-state index contributed by atoms with van der Waals surface area (Å²) in [6, 6.07) is 15.0. The van der Waals surface area contributed by atoms with E-state index >= 15 is 0 Å². The van der Waals surface area contributed by atoms with Gasteiger partial charge in [-0.25, -0.2) is 4.79 Å². The molecule has 24 heavy (non-hydrogen) atoms. The number of hydrogen-bond acceptors (Lipinski definition) is 3. The second-order valence-electron chi connectivity index (χ2n) is 5.92. The first kappa shape index (κ1) is 17.9. The lowest BCUT2D eigenvalue weighted by Crippen LogP contribution is -2.29. The lowest BCUT2D eigenvalue weighted by atomic mass is 10.0. The number of aliphatic carboxylic acids is 1. The normalized spacial score (nSPS) is 12.0. The summed E-state index contributed by atoms with van der Waals surface area (Å²) in [6.45, 7) is 6.65. The van der Waals surface area contributed by atoms with Crippen molar-refractivity contribution in [3.05, 3.63) is 59.7 Å². The van der Waals surface area contributed by atoms with E-state index in [2.05, 4.69) is 13.8 Å². The molecule has 1 N–H and O–H groups in total. The second-order valence-corrected chi connectivity index (χ2v) is 5.92. The van der Waals surface area contributed by atoms with E-state index in [9.17, 15) is 9.90 Å². The van der Waals surface area contributed by atoms with E-state index in [0.29, 0.717) is 18.8 Å². The minimum atomic E-state index is -0.970. The fraction of sp³-hybridized carbons (Fsp3) is 0.350. The molecular formula is C20H24O4. The van der Waals surface area contributed by atoms with Crippen molar-refractivity contribution in [2.24, 2.45) is 0 Å². The Hall–Kier alpha value is -2.49. The highest BCUT2D eigenvalue weighted by Gasteiger charge is 2.22. The zero-order valence-electron chi connectivity index (χ0n) is 14.4. The highest BCUT2D eigenvalue weighted by atomic mass is 16.5. The fourth-order valence-electron chi connectivity index (χ4n) is 2.50. The lowest BCUT2D eigenvalue weighted by Gasteiger charge is -2.19. The zero-order chi connectivity index (χ0) is 17.5. The van der Waals surface area contributed by atoms with Gasteiger partial charge >= 0.3 is 5.97 Å². The molecule has 0 spiro atoms. The molecule has 2 aromatic carbocycles. The molecule has 0 aromatic heterocycles. The predicted molar refractivity (Wildman–Crippen MR) is 93.9 cm³/mol. The average molecular weight is 328 g/mol. The second kappa shape index (κ2) is 8.39. The lowest BCUT2D eigenvalue weighted by molar-refractivity contribution is -0.145. The van der Waals surface area contributed by atoms with Gasteiger partial charge < -0.3 is 14.6 Å². The van der Waals surface area contributed by atoms with Gasteiger partial charge in [0, 0.05) is 6.42 Å². The first-order valence-corrected chi connectivity index (χ1v) is 8.21. The maximum Gasteiger partial charge on any atom is 0.345 e. The number of benzene rings is 2. The van der Waals surface area contributed by atoms with Gasteiger partial charge in [-0.2, -0.15) is 0 Å². The Morgan fingerprint density at radius 2 is 1.75 bits per heavy atom. The van der Waals surface area contributed by atoms with Crippen LogP contribution in [0.25, 0.3) is 0 Å². The van der Waals surface area contributed by atoms with Crippen molar-refractivity contribution in [2.75, 3.05) is 6.61 Å². The molecule has 4 nitrogen and oxygen atoms in total. The van der Waals surface area contributed by atoms with Gasteiger partial charge in [-0.1, -0.05) is 44.2 Å². The topological polar surface area (TPSA) is 55.8 Å². The van der Waals surface area contributed by atoms with Crippen LogP contribution in [0.1, 0.15) is 37.8 Å². The van der Waals surface area contributed by atoms with Crippen LogP contribution in [0.4, 0.5) is 0 Å². The largest absolute Gasteiger partial charge is 0.494 e. The minimum Gasteiger partial charge on any atom is -0.494 e. The number of ether oxygens (including phenoxy) is 2. The van der Waals surface area contributed by atoms with E-state index in [0.717, 1.165) is 16.9 Å². The molecule has 0 fully saturated rings. The van der Waals surface area contributed by atoms with E-state index < -0.39 is 12.1 Å². The van der Waals surface area contributed by atoms with Crippen LogP contribution in [0.2, 0.25) is 0 Å². The molecule has 4 heteroatoms. The summed E-state index contributed by atoms with van der Waals surface area (Å²) >= 11 is 0. The van der Waals surface area contributed by atoms with E-state index in [1.54, 1.807) is 0 Å². The Balaban J connectivity index is 2.14. The molecule has 0 saturated carbocycles. The minimum absolute atomic E-state index is 0.265.